The molecule has 16 heavy (non-hydrogen) atoms. The van der Waals surface area contributed by atoms with Gasteiger partial charge in [-0.1, -0.05) is 0 Å². The zero-order valence-corrected chi connectivity index (χ0v) is 10.7. The third-order valence-corrected chi connectivity index (χ3v) is 2.71. The lowest BCUT2D eigenvalue weighted by Crippen LogP contribution is -2.36. The van der Waals surface area contributed by atoms with Gasteiger partial charge in [-0.15, -0.1) is 0 Å². The highest BCUT2D eigenvalue weighted by Crippen LogP contribution is 2.18. The fourth-order valence-electron chi connectivity index (χ4n) is 1.94. The molecule has 0 aliphatic carbocycles. The van der Waals surface area contributed by atoms with Crippen LogP contribution >= 0.6 is 0 Å². The van der Waals surface area contributed by atoms with Gasteiger partial charge in [-0.05, 0) is 33.6 Å². The molecule has 4 nitrogen and oxygen atoms in total. The summed E-state index contributed by atoms with van der Waals surface area (Å²) in [6.07, 6.45) is 2.98. The highest BCUT2D eigenvalue weighted by Gasteiger charge is 2.21. The molecular weight excluding hydrogens is 206 g/mol. The summed E-state index contributed by atoms with van der Waals surface area (Å²) in [6.45, 7) is 9.08. The van der Waals surface area contributed by atoms with E-state index in [0.29, 0.717) is 25.4 Å². The zero-order chi connectivity index (χ0) is 11.8. The highest BCUT2D eigenvalue weighted by atomic mass is 16.7. The Bertz CT molecular complexity index is 172. The molecule has 2 unspecified atom stereocenters. The van der Waals surface area contributed by atoms with Gasteiger partial charge in [0.2, 0.25) is 0 Å². The number of rotatable bonds is 8. The van der Waals surface area contributed by atoms with E-state index in [1.165, 1.54) is 6.42 Å². The Balaban J connectivity index is 2.07. The molecule has 0 bridgehead atoms. The van der Waals surface area contributed by atoms with Crippen molar-refractivity contribution in [1.29, 1.82) is 0 Å². The van der Waals surface area contributed by atoms with Gasteiger partial charge in [0.1, 0.15) is 0 Å². The van der Waals surface area contributed by atoms with Crippen LogP contribution in [0.2, 0.25) is 0 Å². The number of nitrogens with one attached hydrogen (secondary N) is 1. The van der Waals surface area contributed by atoms with Crippen molar-refractivity contribution in [3.05, 3.63) is 0 Å². The van der Waals surface area contributed by atoms with Gasteiger partial charge in [0.25, 0.3) is 0 Å². The summed E-state index contributed by atoms with van der Waals surface area (Å²) in [5.74, 6) is 0. The van der Waals surface area contributed by atoms with Crippen LogP contribution in [0.1, 0.15) is 33.6 Å². The smallest absolute Gasteiger partial charge is 0.169 e. The van der Waals surface area contributed by atoms with Crippen LogP contribution in [-0.4, -0.2) is 44.8 Å². The average molecular weight is 231 g/mol. The van der Waals surface area contributed by atoms with Crippen LogP contribution in [0.15, 0.2) is 0 Å². The lowest BCUT2D eigenvalue weighted by atomic mass is 10.2. The quantitative estimate of drug-likeness (QED) is 0.643. The second-order valence-electron chi connectivity index (χ2n) is 4.14. The van der Waals surface area contributed by atoms with Gasteiger partial charge in [0, 0.05) is 26.3 Å². The van der Waals surface area contributed by atoms with Crippen LogP contribution < -0.4 is 5.32 Å². The van der Waals surface area contributed by atoms with Crippen molar-refractivity contribution in [2.45, 2.75) is 52.1 Å². The Morgan fingerprint density at radius 3 is 2.44 bits per heavy atom. The minimum absolute atomic E-state index is 0.131. The second-order valence-corrected chi connectivity index (χ2v) is 4.14. The van der Waals surface area contributed by atoms with E-state index in [1.807, 2.05) is 13.8 Å². The Morgan fingerprint density at radius 2 is 1.94 bits per heavy atom. The molecule has 1 heterocycles. The van der Waals surface area contributed by atoms with Crippen molar-refractivity contribution in [3.8, 4) is 0 Å². The molecule has 0 aromatic rings. The number of hydrogen-bond acceptors (Lipinski definition) is 4. The maximum absolute atomic E-state index is 5.72. The monoisotopic (exact) mass is 231 g/mol. The minimum atomic E-state index is -0.131. The van der Waals surface area contributed by atoms with Gasteiger partial charge in [0.15, 0.2) is 6.29 Å². The molecule has 1 N–H and O–H groups in total. The van der Waals surface area contributed by atoms with E-state index in [0.717, 1.165) is 19.5 Å². The molecule has 1 aliphatic heterocycles. The maximum atomic E-state index is 5.72. The summed E-state index contributed by atoms with van der Waals surface area (Å²) in [5.41, 5.74) is 0. The molecule has 1 rings (SSSR count). The standard InChI is InChI=1S/C12H25NO3/c1-4-14-12(15-5-2)9-13-8-11-7-6-10(3)16-11/h10-13H,4-9H2,1-3H3. The van der Waals surface area contributed by atoms with Crippen molar-refractivity contribution < 1.29 is 14.2 Å². The molecule has 4 heteroatoms. The van der Waals surface area contributed by atoms with Gasteiger partial charge < -0.3 is 19.5 Å². The Hall–Kier alpha value is -0.160. The largest absolute Gasteiger partial charge is 0.374 e. The first kappa shape index (κ1) is 13.9. The maximum Gasteiger partial charge on any atom is 0.169 e. The predicted molar refractivity (Wildman–Crippen MR) is 63.5 cm³/mol. The summed E-state index contributed by atoms with van der Waals surface area (Å²) in [7, 11) is 0. The van der Waals surface area contributed by atoms with Crippen molar-refractivity contribution >= 4 is 0 Å². The lowest BCUT2D eigenvalue weighted by Gasteiger charge is -2.19. The van der Waals surface area contributed by atoms with E-state index in [9.17, 15) is 0 Å². The molecule has 2 atom stereocenters. The predicted octanol–water partition coefficient (Wildman–Crippen LogP) is 1.54. The van der Waals surface area contributed by atoms with E-state index < -0.39 is 0 Å². The van der Waals surface area contributed by atoms with Crippen molar-refractivity contribution in [2.75, 3.05) is 26.3 Å². The fraction of sp³-hybridized carbons (Fsp3) is 1.00. The van der Waals surface area contributed by atoms with Gasteiger partial charge in [-0.2, -0.15) is 0 Å². The molecule has 0 aromatic heterocycles. The second kappa shape index (κ2) is 8.01. The van der Waals surface area contributed by atoms with Gasteiger partial charge >= 0.3 is 0 Å². The van der Waals surface area contributed by atoms with Crippen LogP contribution in [0.5, 0.6) is 0 Å². The minimum Gasteiger partial charge on any atom is -0.374 e. The normalized spacial score (nSPS) is 25.5. The molecule has 0 aromatic carbocycles. The van der Waals surface area contributed by atoms with Crippen molar-refractivity contribution in [1.82, 2.24) is 5.32 Å². The average Bonchev–Trinajstić information content (AvgIpc) is 2.65. The molecular formula is C12H25NO3. The van der Waals surface area contributed by atoms with E-state index in [-0.39, 0.29) is 6.29 Å². The van der Waals surface area contributed by atoms with Crippen LogP contribution in [0.3, 0.4) is 0 Å². The molecule has 96 valence electrons. The fourth-order valence-corrected chi connectivity index (χ4v) is 1.94. The van der Waals surface area contributed by atoms with Crippen LogP contribution in [-0.2, 0) is 14.2 Å². The van der Waals surface area contributed by atoms with Gasteiger partial charge in [0.05, 0.1) is 12.2 Å². The van der Waals surface area contributed by atoms with Crippen molar-refractivity contribution in [3.63, 3.8) is 0 Å². The number of ether oxygens (including phenoxy) is 3. The summed E-state index contributed by atoms with van der Waals surface area (Å²) < 4.78 is 16.6. The molecule has 0 saturated carbocycles. The van der Waals surface area contributed by atoms with Gasteiger partial charge in [-0.3, -0.25) is 0 Å². The van der Waals surface area contributed by atoms with E-state index in [1.54, 1.807) is 0 Å². The Kier molecular flexibility index (Phi) is 6.96. The van der Waals surface area contributed by atoms with E-state index in [2.05, 4.69) is 12.2 Å². The first-order valence-electron chi connectivity index (χ1n) is 6.35. The first-order chi connectivity index (χ1) is 7.76. The topological polar surface area (TPSA) is 39.7 Å². The first-order valence-corrected chi connectivity index (χ1v) is 6.35. The third-order valence-electron chi connectivity index (χ3n) is 2.71. The SMILES string of the molecule is CCOC(CNCC1CCC(C)O1)OCC. The van der Waals surface area contributed by atoms with Gasteiger partial charge in [-0.25, -0.2) is 0 Å². The van der Waals surface area contributed by atoms with Crippen LogP contribution in [0, 0.1) is 0 Å². The zero-order valence-electron chi connectivity index (χ0n) is 10.7. The Morgan fingerprint density at radius 1 is 1.25 bits per heavy atom. The molecule has 1 saturated heterocycles. The van der Waals surface area contributed by atoms with E-state index in [4.69, 9.17) is 14.2 Å². The summed E-state index contributed by atoms with van der Waals surface area (Å²) in [6, 6.07) is 0. The molecule has 0 spiro atoms. The lowest BCUT2D eigenvalue weighted by molar-refractivity contribution is -0.133. The summed E-state index contributed by atoms with van der Waals surface area (Å²) >= 11 is 0. The summed E-state index contributed by atoms with van der Waals surface area (Å²) in [4.78, 5) is 0. The van der Waals surface area contributed by atoms with Crippen LogP contribution in [0.25, 0.3) is 0 Å². The summed E-state index contributed by atoms with van der Waals surface area (Å²) in [5, 5.41) is 3.34. The van der Waals surface area contributed by atoms with Crippen molar-refractivity contribution in [2.24, 2.45) is 0 Å². The third kappa shape index (κ3) is 5.25. The molecule has 1 aliphatic rings. The number of hydrogen-bond donors (Lipinski definition) is 1. The molecule has 0 amide bonds. The van der Waals surface area contributed by atoms with Crippen LogP contribution in [0.4, 0.5) is 0 Å². The molecule has 1 fully saturated rings. The van der Waals surface area contributed by atoms with E-state index >= 15 is 0 Å². The highest BCUT2D eigenvalue weighted by molar-refractivity contribution is 4.72. The molecule has 0 radical (unpaired) electrons. The Labute approximate surface area is 98.6 Å².